The number of fused-ring (bicyclic) bond motifs is 3. The highest BCUT2D eigenvalue weighted by Crippen LogP contribution is 2.36. The van der Waals surface area contributed by atoms with E-state index in [0.717, 1.165) is 22.3 Å². The van der Waals surface area contributed by atoms with Crippen molar-refractivity contribution in [3.05, 3.63) is 53.6 Å². The third-order valence-electron chi connectivity index (χ3n) is 5.58. The van der Waals surface area contributed by atoms with Gasteiger partial charge in [-0.25, -0.2) is 4.98 Å². The molecule has 156 valence electrons. The van der Waals surface area contributed by atoms with Gasteiger partial charge in [-0.1, -0.05) is 18.2 Å². The summed E-state index contributed by atoms with van der Waals surface area (Å²) in [6.07, 6.45) is 0.757. The Labute approximate surface area is 175 Å². The number of hydrogen-bond donors (Lipinski definition) is 1. The number of aromatic nitrogens is 2. The Hall–Kier alpha value is -3.19. The average Bonchev–Trinajstić information content (AvgIpc) is 3.21. The third-order valence-corrected chi connectivity index (χ3v) is 5.58. The minimum atomic E-state index is -0.610. The maximum atomic E-state index is 13.2. The number of aryl methyl sites for hydroxylation is 2. The van der Waals surface area contributed by atoms with Crippen molar-refractivity contribution in [3.8, 4) is 0 Å². The number of anilines is 2. The Morgan fingerprint density at radius 1 is 1.17 bits per heavy atom. The number of rotatable bonds is 7. The zero-order chi connectivity index (χ0) is 21.3. The molecule has 3 aromatic rings. The molecular weight excluding hydrogens is 380 g/mol. The number of nitrogens with zero attached hydrogens (tertiary/aromatic N) is 3. The molecule has 7 heteroatoms. The Bertz CT molecular complexity index is 1110. The topological polar surface area (TPSA) is 76.5 Å². The quantitative estimate of drug-likeness (QED) is 0.608. The molecule has 0 spiro atoms. The molecule has 2 amide bonds. The van der Waals surface area contributed by atoms with Crippen molar-refractivity contribution in [3.63, 3.8) is 0 Å². The Balaban J connectivity index is 1.60. The molecule has 2 heterocycles. The van der Waals surface area contributed by atoms with Gasteiger partial charge in [0, 0.05) is 25.9 Å². The summed E-state index contributed by atoms with van der Waals surface area (Å²) in [5.74, 6) is 0.301. The normalized spacial score (nSPS) is 15.6. The van der Waals surface area contributed by atoms with Crippen LogP contribution in [0.1, 0.15) is 30.0 Å². The van der Waals surface area contributed by atoms with Crippen molar-refractivity contribution in [1.82, 2.24) is 9.55 Å². The van der Waals surface area contributed by atoms with E-state index in [4.69, 9.17) is 4.74 Å². The van der Waals surface area contributed by atoms with Gasteiger partial charge in [-0.3, -0.25) is 19.1 Å². The van der Waals surface area contributed by atoms with E-state index in [1.54, 1.807) is 12.0 Å². The predicted molar refractivity (Wildman–Crippen MR) is 117 cm³/mol. The molecule has 0 fully saturated rings. The highest BCUT2D eigenvalue weighted by Gasteiger charge is 2.40. The van der Waals surface area contributed by atoms with Crippen LogP contribution in [0, 0.1) is 13.8 Å². The summed E-state index contributed by atoms with van der Waals surface area (Å²) >= 11 is 0. The lowest BCUT2D eigenvalue weighted by Crippen LogP contribution is -2.32. The highest BCUT2D eigenvalue weighted by atomic mass is 16.5. The number of hydrogen-bond acceptors (Lipinski definition) is 4. The first-order valence-corrected chi connectivity index (χ1v) is 10.1. The van der Waals surface area contributed by atoms with Gasteiger partial charge in [0.25, 0.3) is 5.91 Å². The lowest BCUT2D eigenvalue weighted by molar-refractivity contribution is -0.124. The number of carbonyl (C=O) groups is 2. The first kappa shape index (κ1) is 20.1. The summed E-state index contributed by atoms with van der Waals surface area (Å²) in [5.41, 5.74) is 4.69. The van der Waals surface area contributed by atoms with Crippen molar-refractivity contribution in [2.24, 2.45) is 0 Å². The molecule has 1 aliphatic heterocycles. The largest absolute Gasteiger partial charge is 0.385 e. The van der Waals surface area contributed by atoms with Crippen LogP contribution in [0.5, 0.6) is 0 Å². The number of para-hydroxylation sites is 2. The van der Waals surface area contributed by atoms with Crippen LogP contribution in [0.3, 0.4) is 0 Å². The van der Waals surface area contributed by atoms with Gasteiger partial charge in [0.05, 0.1) is 17.5 Å². The van der Waals surface area contributed by atoms with E-state index in [2.05, 4.69) is 10.3 Å². The number of methoxy groups -OCH3 is 1. The van der Waals surface area contributed by atoms with Crippen molar-refractivity contribution in [2.75, 3.05) is 30.5 Å². The summed E-state index contributed by atoms with van der Waals surface area (Å²) < 4.78 is 7.02. The van der Waals surface area contributed by atoms with Crippen LogP contribution in [0.4, 0.5) is 11.6 Å². The summed E-state index contributed by atoms with van der Waals surface area (Å²) in [6, 6.07) is 12.9. The minimum Gasteiger partial charge on any atom is -0.385 e. The smallest absolute Gasteiger partial charge is 0.253 e. The maximum absolute atomic E-state index is 13.2. The molecule has 0 aliphatic carbocycles. The van der Waals surface area contributed by atoms with Crippen LogP contribution in [0.15, 0.2) is 42.5 Å². The number of imidazole rings is 1. The molecule has 0 bridgehead atoms. The predicted octanol–water partition coefficient (Wildman–Crippen LogP) is 3.61. The Kier molecular flexibility index (Phi) is 5.55. The van der Waals surface area contributed by atoms with E-state index < -0.39 is 6.04 Å². The van der Waals surface area contributed by atoms with Gasteiger partial charge >= 0.3 is 0 Å². The SMILES string of the molecule is COCCCN1C(=O)[C@@H](CC(=O)Nc2ccc(C)c(C)c2)n2c1nc1ccccc12. The summed E-state index contributed by atoms with van der Waals surface area (Å²) in [5, 5.41) is 2.93. The maximum Gasteiger partial charge on any atom is 0.253 e. The van der Waals surface area contributed by atoms with Crippen LogP contribution in [-0.2, 0) is 14.3 Å². The van der Waals surface area contributed by atoms with Crippen LogP contribution in [0.25, 0.3) is 11.0 Å². The second-order valence-electron chi connectivity index (χ2n) is 7.67. The molecule has 0 saturated carbocycles. The molecule has 7 nitrogen and oxygen atoms in total. The van der Waals surface area contributed by atoms with E-state index in [1.807, 2.05) is 60.9 Å². The Morgan fingerprint density at radius 3 is 2.73 bits per heavy atom. The zero-order valence-electron chi connectivity index (χ0n) is 17.5. The van der Waals surface area contributed by atoms with E-state index in [-0.39, 0.29) is 18.2 Å². The fourth-order valence-corrected chi connectivity index (χ4v) is 3.88. The summed E-state index contributed by atoms with van der Waals surface area (Å²) in [6.45, 7) is 5.10. The van der Waals surface area contributed by atoms with Gasteiger partial charge in [-0.15, -0.1) is 0 Å². The molecule has 0 radical (unpaired) electrons. The van der Waals surface area contributed by atoms with Crippen LogP contribution in [0.2, 0.25) is 0 Å². The van der Waals surface area contributed by atoms with Gasteiger partial charge in [0.2, 0.25) is 11.9 Å². The molecule has 0 unspecified atom stereocenters. The molecular formula is C23H26N4O3. The molecule has 0 saturated heterocycles. The third kappa shape index (κ3) is 3.68. The number of amides is 2. The minimum absolute atomic E-state index is 0.0554. The molecule has 30 heavy (non-hydrogen) atoms. The monoisotopic (exact) mass is 406 g/mol. The lowest BCUT2D eigenvalue weighted by Gasteiger charge is -2.16. The molecule has 1 aliphatic rings. The van der Waals surface area contributed by atoms with Gasteiger partial charge in [0.1, 0.15) is 6.04 Å². The second kappa shape index (κ2) is 8.28. The van der Waals surface area contributed by atoms with Crippen molar-refractivity contribution >= 4 is 34.5 Å². The average molecular weight is 406 g/mol. The van der Waals surface area contributed by atoms with E-state index in [0.29, 0.717) is 25.5 Å². The van der Waals surface area contributed by atoms with Crippen molar-refractivity contribution < 1.29 is 14.3 Å². The standard InChI is InChI=1S/C23H26N4O3/c1-15-9-10-17(13-16(15)2)24-21(28)14-20-22(29)26(11-6-12-30-3)23-25-18-7-4-5-8-19(18)27(20)23/h4-5,7-10,13,20H,6,11-12,14H2,1-3H3,(H,24,28)/t20-/m1/s1. The fraction of sp³-hybridized carbons (Fsp3) is 0.348. The fourth-order valence-electron chi connectivity index (χ4n) is 3.88. The van der Waals surface area contributed by atoms with E-state index >= 15 is 0 Å². The molecule has 4 rings (SSSR count). The molecule has 1 aromatic heterocycles. The zero-order valence-corrected chi connectivity index (χ0v) is 17.5. The second-order valence-corrected chi connectivity index (χ2v) is 7.67. The lowest BCUT2D eigenvalue weighted by atomic mass is 10.1. The molecule has 1 atom stereocenters. The number of carbonyl (C=O) groups excluding carboxylic acids is 2. The first-order chi connectivity index (χ1) is 14.5. The molecule has 1 N–H and O–H groups in total. The van der Waals surface area contributed by atoms with Crippen LogP contribution in [-0.4, -0.2) is 41.6 Å². The van der Waals surface area contributed by atoms with Gasteiger partial charge in [-0.05, 0) is 55.7 Å². The number of benzene rings is 2. The van der Waals surface area contributed by atoms with Gasteiger partial charge < -0.3 is 10.1 Å². The van der Waals surface area contributed by atoms with Crippen LogP contribution >= 0.6 is 0 Å². The first-order valence-electron chi connectivity index (χ1n) is 10.1. The summed E-state index contributed by atoms with van der Waals surface area (Å²) in [7, 11) is 1.64. The van der Waals surface area contributed by atoms with Gasteiger partial charge in [0.15, 0.2) is 0 Å². The van der Waals surface area contributed by atoms with Crippen molar-refractivity contribution in [1.29, 1.82) is 0 Å². The highest BCUT2D eigenvalue weighted by molar-refractivity contribution is 6.05. The van der Waals surface area contributed by atoms with Crippen molar-refractivity contribution in [2.45, 2.75) is 32.7 Å². The number of ether oxygens (including phenoxy) is 1. The Morgan fingerprint density at radius 2 is 1.97 bits per heavy atom. The molecule has 2 aromatic carbocycles. The van der Waals surface area contributed by atoms with Crippen LogP contribution < -0.4 is 10.2 Å². The summed E-state index contributed by atoms with van der Waals surface area (Å²) in [4.78, 5) is 32.3. The van der Waals surface area contributed by atoms with E-state index in [1.165, 1.54) is 5.56 Å². The van der Waals surface area contributed by atoms with Gasteiger partial charge in [-0.2, -0.15) is 0 Å². The number of nitrogens with one attached hydrogen (secondary N) is 1. The van der Waals surface area contributed by atoms with E-state index in [9.17, 15) is 9.59 Å².